The van der Waals surface area contributed by atoms with Crippen LogP contribution in [-0.2, 0) is 11.2 Å². The fraction of sp³-hybridized carbons (Fsp3) is 0.316. The Morgan fingerprint density at radius 2 is 2.27 bits per heavy atom. The smallest absolute Gasteiger partial charge is 0.231 e. The minimum absolute atomic E-state index is 0.0572. The van der Waals surface area contributed by atoms with E-state index in [1.807, 2.05) is 18.2 Å². The van der Waals surface area contributed by atoms with E-state index in [0.29, 0.717) is 0 Å². The molecular weight excluding hydrogens is 272 g/mol. The Labute approximate surface area is 131 Å². The number of aryl methyl sites for hydroxylation is 1. The third kappa shape index (κ3) is 2.59. The SMILES string of the molecule is C=C1CC=CC(CC)=C1NC(=O)C1CCc2ccc(N)cc21. The van der Waals surface area contributed by atoms with Crippen molar-refractivity contribution in [2.24, 2.45) is 0 Å². The molecule has 1 amide bonds. The molecule has 3 nitrogen and oxygen atoms in total. The van der Waals surface area contributed by atoms with Gasteiger partial charge in [0, 0.05) is 11.4 Å². The second-order valence-corrected chi connectivity index (χ2v) is 6.00. The zero-order chi connectivity index (χ0) is 15.7. The molecule has 114 valence electrons. The van der Waals surface area contributed by atoms with E-state index in [4.69, 9.17) is 5.73 Å². The van der Waals surface area contributed by atoms with E-state index in [1.54, 1.807) is 0 Å². The molecule has 1 aromatic rings. The van der Waals surface area contributed by atoms with Gasteiger partial charge in [0.25, 0.3) is 0 Å². The van der Waals surface area contributed by atoms with Crippen LogP contribution in [-0.4, -0.2) is 5.91 Å². The summed E-state index contributed by atoms with van der Waals surface area (Å²) in [5, 5.41) is 3.12. The van der Waals surface area contributed by atoms with Crippen molar-refractivity contribution < 1.29 is 4.79 Å². The molecule has 0 saturated heterocycles. The molecule has 0 fully saturated rings. The normalized spacial score (nSPS) is 20.2. The molecule has 0 spiro atoms. The molecule has 0 aromatic heterocycles. The summed E-state index contributed by atoms with van der Waals surface area (Å²) in [6.45, 7) is 6.18. The standard InChI is InChI=1S/C19H22N2O/c1-3-13-6-4-5-12(2)18(13)21-19(22)16-10-8-14-7-9-15(20)11-17(14)16/h4,6-7,9,11,16H,2-3,5,8,10,20H2,1H3,(H,21,22). The number of benzene rings is 1. The first-order valence-electron chi connectivity index (χ1n) is 7.87. The molecular formula is C19H22N2O. The van der Waals surface area contributed by atoms with Gasteiger partial charge in [-0.3, -0.25) is 4.79 Å². The number of hydrogen-bond donors (Lipinski definition) is 2. The average Bonchev–Trinajstić information content (AvgIpc) is 2.92. The van der Waals surface area contributed by atoms with Crippen LogP contribution in [0.4, 0.5) is 5.69 Å². The summed E-state index contributed by atoms with van der Waals surface area (Å²) in [7, 11) is 0. The molecule has 0 heterocycles. The second-order valence-electron chi connectivity index (χ2n) is 6.00. The Bertz CT molecular complexity index is 697. The first kappa shape index (κ1) is 14.6. The molecule has 2 aliphatic rings. The number of nitrogens with one attached hydrogen (secondary N) is 1. The third-order valence-corrected chi connectivity index (χ3v) is 4.55. The van der Waals surface area contributed by atoms with Crippen LogP contribution in [0.1, 0.15) is 43.2 Å². The van der Waals surface area contributed by atoms with Gasteiger partial charge in [-0.25, -0.2) is 0 Å². The summed E-state index contributed by atoms with van der Waals surface area (Å²) >= 11 is 0. The van der Waals surface area contributed by atoms with Gasteiger partial charge in [-0.05, 0) is 60.1 Å². The maximum absolute atomic E-state index is 12.7. The summed E-state index contributed by atoms with van der Waals surface area (Å²) in [6.07, 6.45) is 7.66. The first-order chi connectivity index (χ1) is 10.6. The summed E-state index contributed by atoms with van der Waals surface area (Å²) in [6, 6.07) is 5.89. The summed E-state index contributed by atoms with van der Waals surface area (Å²) in [5.41, 5.74) is 12.0. The summed E-state index contributed by atoms with van der Waals surface area (Å²) in [4.78, 5) is 12.7. The summed E-state index contributed by atoms with van der Waals surface area (Å²) < 4.78 is 0. The van der Waals surface area contributed by atoms with Crippen LogP contribution in [0.3, 0.4) is 0 Å². The molecule has 1 unspecified atom stereocenters. The lowest BCUT2D eigenvalue weighted by atomic mass is 9.95. The molecule has 0 saturated carbocycles. The fourth-order valence-corrected chi connectivity index (χ4v) is 3.32. The monoisotopic (exact) mass is 294 g/mol. The lowest BCUT2D eigenvalue weighted by Gasteiger charge is -2.21. The van der Waals surface area contributed by atoms with E-state index in [-0.39, 0.29) is 11.8 Å². The fourth-order valence-electron chi connectivity index (χ4n) is 3.32. The lowest BCUT2D eigenvalue weighted by molar-refractivity contribution is -0.121. The molecule has 2 aliphatic carbocycles. The number of rotatable bonds is 3. The van der Waals surface area contributed by atoms with Crippen molar-refractivity contribution in [3.05, 3.63) is 64.9 Å². The van der Waals surface area contributed by atoms with Crippen molar-refractivity contribution in [3.8, 4) is 0 Å². The van der Waals surface area contributed by atoms with Crippen molar-refractivity contribution in [1.82, 2.24) is 5.32 Å². The number of hydrogen-bond acceptors (Lipinski definition) is 2. The van der Waals surface area contributed by atoms with Gasteiger partial charge in [0.05, 0.1) is 5.92 Å². The molecule has 3 rings (SSSR count). The molecule has 3 N–H and O–H groups in total. The molecule has 1 atom stereocenters. The molecule has 0 radical (unpaired) electrons. The van der Waals surface area contributed by atoms with E-state index < -0.39 is 0 Å². The van der Waals surface area contributed by atoms with Crippen molar-refractivity contribution in [2.45, 2.75) is 38.5 Å². The number of nitrogen functional groups attached to an aromatic ring is 1. The van der Waals surface area contributed by atoms with Gasteiger partial charge in [-0.2, -0.15) is 0 Å². The Hall–Kier alpha value is -2.29. The highest BCUT2D eigenvalue weighted by molar-refractivity contribution is 5.87. The maximum atomic E-state index is 12.7. The van der Waals surface area contributed by atoms with Crippen LogP contribution in [0.15, 0.2) is 53.8 Å². The van der Waals surface area contributed by atoms with Crippen LogP contribution in [0.25, 0.3) is 0 Å². The van der Waals surface area contributed by atoms with Crippen LogP contribution in [0.2, 0.25) is 0 Å². The zero-order valence-corrected chi connectivity index (χ0v) is 13.0. The Kier molecular flexibility index (Phi) is 3.88. The predicted molar refractivity (Wildman–Crippen MR) is 90.3 cm³/mol. The van der Waals surface area contributed by atoms with Crippen LogP contribution < -0.4 is 11.1 Å². The number of carbonyl (C=O) groups excluding carboxylic acids is 1. The number of anilines is 1. The van der Waals surface area contributed by atoms with Crippen LogP contribution in [0.5, 0.6) is 0 Å². The van der Waals surface area contributed by atoms with Crippen LogP contribution >= 0.6 is 0 Å². The van der Waals surface area contributed by atoms with Gasteiger partial charge in [0.1, 0.15) is 0 Å². The van der Waals surface area contributed by atoms with Crippen LogP contribution in [0, 0.1) is 0 Å². The minimum Gasteiger partial charge on any atom is -0.399 e. The van der Waals surface area contributed by atoms with Gasteiger partial charge in [-0.1, -0.05) is 31.7 Å². The van der Waals surface area contributed by atoms with Crippen molar-refractivity contribution in [1.29, 1.82) is 0 Å². The highest BCUT2D eigenvalue weighted by atomic mass is 16.1. The molecule has 3 heteroatoms. The molecule has 1 aromatic carbocycles. The highest BCUT2D eigenvalue weighted by Crippen LogP contribution is 2.35. The second kappa shape index (κ2) is 5.84. The average molecular weight is 294 g/mol. The van der Waals surface area contributed by atoms with Gasteiger partial charge in [-0.15, -0.1) is 0 Å². The molecule has 0 bridgehead atoms. The zero-order valence-electron chi connectivity index (χ0n) is 13.0. The largest absolute Gasteiger partial charge is 0.399 e. The number of nitrogens with two attached hydrogens (primary N) is 1. The predicted octanol–water partition coefficient (Wildman–Crippen LogP) is 3.60. The maximum Gasteiger partial charge on any atom is 0.231 e. The highest BCUT2D eigenvalue weighted by Gasteiger charge is 2.29. The van der Waals surface area contributed by atoms with Crippen molar-refractivity contribution in [3.63, 3.8) is 0 Å². The number of carbonyl (C=O) groups is 1. The molecule has 0 aliphatic heterocycles. The van der Waals surface area contributed by atoms with E-state index >= 15 is 0 Å². The Balaban J connectivity index is 1.85. The van der Waals surface area contributed by atoms with Crippen molar-refractivity contribution >= 4 is 11.6 Å². The first-order valence-corrected chi connectivity index (χ1v) is 7.87. The number of allylic oxidation sites excluding steroid dienone is 4. The van der Waals surface area contributed by atoms with Gasteiger partial charge in [0.2, 0.25) is 5.91 Å². The topological polar surface area (TPSA) is 55.1 Å². The quantitative estimate of drug-likeness (QED) is 0.837. The van der Waals surface area contributed by atoms with E-state index in [0.717, 1.165) is 53.8 Å². The van der Waals surface area contributed by atoms with Gasteiger partial charge in [0.15, 0.2) is 0 Å². The third-order valence-electron chi connectivity index (χ3n) is 4.55. The lowest BCUT2D eigenvalue weighted by Crippen LogP contribution is -2.30. The number of fused-ring (bicyclic) bond motifs is 1. The van der Waals surface area contributed by atoms with Crippen molar-refractivity contribution in [2.75, 3.05) is 5.73 Å². The van der Waals surface area contributed by atoms with Gasteiger partial charge >= 0.3 is 0 Å². The molecule has 22 heavy (non-hydrogen) atoms. The van der Waals surface area contributed by atoms with E-state index in [1.165, 1.54) is 5.56 Å². The Morgan fingerprint density at radius 1 is 1.45 bits per heavy atom. The number of amides is 1. The van der Waals surface area contributed by atoms with E-state index in [2.05, 4.69) is 31.0 Å². The summed E-state index contributed by atoms with van der Waals surface area (Å²) in [5.74, 6) is -0.0513. The minimum atomic E-state index is -0.109. The Morgan fingerprint density at radius 3 is 3.05 bits per heavy atom. The van der Waals surface area contributed by atoms with E-state index in [9.17, 15) is 4.79 Å². The van der Waals surface area contributed by atoms with Gasteiger partial charge < -0.3 is 11.1 Å².